The number of rotatable bonds is 11. The summed E-state index contributed by atoms with van der Waals surface area (Å²) in [6.45, 7) is 5.72. The van der Waals surface area contributed by atoms with E-state index < -0.39 is 0 Å². The molecule has 1 aromatic rings. The molecule has 1 N–H and O–H groups in total. The molecule has 0 spiro atoms. The fourth-order valence-corrected chi connectivity index (χ4v) is 3.58. The highest BCUT2D eigenvalue weighted by Gasteiger charge is 2.31. The Morgan fingerprint density at radius 3 is 2.52 bits per heavy atom. The molecular weight excluding hydrogens is 254 g/mol. The van der Waals surface area contributed by atoms with Gasteiger partial charge in [-0.05, 0) is 36.9 Å². The zero-order valence-electron chi connectivity index (χ0n) is 14.0. The van der Waals surface area contributed by atoms with E-state index in [-0.39, 0.29) is 0 Å². The van der Waals surface area contributed by atoms with Crippen molar-refractivity contribution in [2.24, 2.45) is 0 Å². The predicted octanol–water partition coefficient (Wildman–Crippen LogP) is 5.45. The summed E-state index contributed by atoms with van der Waals surface area (Å²) in [7, 11) is 0. The SMILES string of the molecule is CCCCCCCCC(NCCC)C1Cc2ccccc21. The van der Waals surface area contributed by atoms with E-state index >= 15 is 0 Å². The minimum atomic E-state index is 0.700. The van der Waals surface area contributed by atoms with E-state index in [1.165, 1.54) is 64.3 Å². The topological polar surface area (TPSA) is 12.0 Å². The molecule has 1 aliphatic rings. The van der Waals surface area contributed by atoms with Crippen molar-refractivity contribution in [2.75, 3.05) is 6.54 Å². The van der Waals surface area contributed by atoms with Crippen LogP contribution in [0.2, 0.25) is 0 Å². The third kappa shape index (κ3) is 4.85. The lowest BCUT2D eigenvalue weighted by atomic mass is 9.72. The van der Waals surface area contributed by atoms with Gasteiger partial charge >= 0.3 is 0 Å². The number of nitrogens with one attached hydrogen (secondary N) is 1. The lowest BCUT2D eigenvalue weighted by molar-refractivity contribution is 0.366. The van der Waals surface area contributed by atoms with E-state index in [9.17, 15) is 0 Å². The van der Waals surface area contributed by atoms with Crippen LogP contribution in [0.4, 0.5) is 0 Å². The third-order valence-corrected chi connectivity index (χ3v) is 4.91. The molecule has 1 aromatic carbocycles. The Morgan fingerprint density at radius 1 is 1.00 bits per heavy atom. The summed E-state index contributed by atoms with van der Waals surface area (Å²) in [4.78, 5) is 0. The van der Waals surface area contributed by atoms with Crippen LogP contribution in [0.5, 0.6) is 0 Å². The van der Waals surface area contributed by atoms with Gasteiger partial charge < -0.3 is 5.32 Å². The maximum Gasteiger partial charge on any atom is 0.0139 e. The molecule has 1 aliphatic carbocycles. The van der Waals surface area contributed by atoms with E-state index in [1.807, 2.05) is 0 Å². The highest BCUT2D eigenvalue weighted by Crippen LogP contribution is 2.38. The monoisotopic (exact) mass is 287 g/mol. The van der Waals surface area contributed by atoms with Gasteiger partial charge in [-0.25, -0.2) is 0 Å². The minimum Gasteiger partial charge on any atom is -0.313 e. The quantitative estimate of drug-likeness (QED) is 0.534. The molecule has 1 heteroatoms. The van der Waals surface area contributed by atoms with Crippen LogP contribution in [0.25, 0.3) is 0 Å². The molecule has 0 radical (unpaired) electrons. The average Bonchev–Trinajstić information content (AvgIpc) is 2.48. The second kappa shape index (κ2) is 9.25. The van der Waals surface area contributed by atoms with Crippen LogP contribution < -0.4 is 5.32 Å². The van der Waals surface area contributed by atoms with E-state index in [0.717, 1.165) is 5.92 Å². The number of hydrogen-bond acceptors (Lipinski definition) is 1. The molecule has 0 amide bonds. The Balaban J connectivity index is 1.77. The molecule has 0 saturated heterocycles. The van der Waals surface area contributed by atoms with Crippen LogP contribution in [-0.2, 0) is 6.42 Å². The zero-order chi connectivity index (χ0) is 14.9. The first-order valence-electron chi connectivity index (χ1n) is 9.18. The van der Waals surface area contributed by atoms with Gasteiger partial charge in [0.1, 0.15) is 0 Å². The summed E-state index contributed by atoms with van der Waals surface area (Å²) < 4.78 is 0. The van der Waals surface area contributed by atoms with Gasteiger partial charge in [-0.2, -0.15) is 0 Å². The summed E-state index contributed by atoms with van der Waals surface area (Å²) >= 11 is 0. The van der Waals surface area contributed by atoms with E-state index in [1.54, 1.807) is 11.1 Å². The Bertz CT molecular complexity index is 399. The van der Waals surface area contributed by atoms with Gasteiger partial charge in [-0.3, -0.25) is 0 Å². The summed E-state index contributed by atoms with van der Waals surface area (Å²) in [5.41, 5.74) is 3.19. The molecule has 0 aromatic heterocycles. The molecule has 0 fully saturated rings. The molecule has 2 atom stereocenters. The van der Waals surface area contributed by atoms with Crippen molar-refractivity contribution >= 4 is 0 Å². The molecule has 0 bridgehead atoms. The Hall–Kier alpha value is -0.820. The van der Waals surface area contributed by atoms with Crippen molar-refractivity contribution in [1.82, 2.24) is 5.32 Å². The maximum absolute atomic E-state index is 3.81. The van der Waals surface area contributed by atoms with Gasteiger partial charge in [0, 0.05) is 12.0 Å². The number of benzene rings is 1. The van der Waals surface area contributed by atoms with E-state index in [2.05, 4.69) is 43.4 Å². The van der Waals surface area contributed by atoms with Crippen LogP contribution >= 0.6 is 0 Å². The Labute approximate surface area is 131 Å². The Kier molecular flexibility index (Phi) is 7.29. The van der Waals surface area contributed by atoms with Crippen LogP contribution in [0, 0.1) is 0 Å². The number of unbranched alkanes of at least 4 members (excludes halogenated alkanes) is 5. The molecule has 2 rings (SSSR count). The van der Waals surface area contributed by atoms with Gasteiger partial charge in [-0.1, -0.05) is 76.6 Å². The lowest BCUT2D eigenvalue weighted by Gasteiger charge is -2.37. The molecule has 0 aliphatic heterocycles. The fourth-order valence-electron chi connectivity index (χ4n) is 3.58. The first-order chi connectivity index (χ1) is 10.4. The standard InChI is InChI=1S/C20H33N/c1-3-5-6-7-8-9-14-20(21-15-4-2)19-16-17-12-10-11-13-18(17)19/h10-13,19-21H,3-9,14-16H2,1-2H3. The second-order valence-corrected chi connectivity index (χ2v) is 6.63. The minimum absolute atomic E-state index is 0.700. The summed E-state index contributed by atoms with van der Waals surface area (Å²) in [6.07, 6.45) is 12.3. The van der Waals surface area contributed by atoms with Crippen molar-refractivity contribution in [1.29, 1.82) is 0 Å². The molecule has 118 valence electrons. The molecule has 2 unspecified atom stereocenters. The fraction of sp³-hybridized carbons (Fsp3) is 0.700. The van der Waals surface area contributed by atoms with Crippen molar-refractivity contribution in [3.63, 3.8) is 0 Å². The normalized spacial score (nSPS) is 18.1. The highest BCUT2D eigenvalue weighted by molar-refractivity contribution is 5.41. The van der Waals surface area contributed by atoms with E-state index in [4.69, 9.17) is 0 Å². The van der Waals surface area contributed by atoms with Crippen molar-refractivity contribution in [2.45, 2.75) is 83.6 Å². The third-order valence-electron chi connectivity index (χ3n) is 4.91. The lowest BCUT2D eigenvalue weighted by Crippen LogP contribution is -2.40. The summed E-state index contributed by atoms with van der Waals surface area (Å²) in [5.74, 6) is 0.767. The van der Waals surface area contributed by atoms with Crippen molar-refractivity contribution < 1.29 is 0 Å². The van der Waals surface area contributed by atoms with Gasteiger partial charge in [0.15, 0.2) is 0 Å². The van der Waals surface area contributed by atoms with Gasteiger partial charge in [0.05, 0.1) is 0 Å². The molecule has 1 nitrogen and oxygen atoms in total. The summed E-state index contributed by atoms with van der Waals surface area (Å²) in [5, 5.41) is 3.81. The van der Waals surface area contributed by atoms with Crippen molar-refractivity contribution in [3.8, 4) is 0 Å². The van der Waals surface area contributed by atoms with Gasteiger partial charge in [0.25, 0.3) is 0 Å². The van der Waals surface area contributed by atoms with Gasteiger partial charge in [-0.15, -0.1) is 0 Å². The average molecular weight is 287 g/mol. The molecular formula is C20H33N. The van der Waals surface area contributed by atoms with E-state index in [0.29, 0.717) is 6.04 Å². The highest BCUT2D eigenvalue weighted by atomic mass is 14.9. The van der Waals surface area contributed by atoms with Crippen LogP contribution in [0.3, 0.4) is 0 Å². The van der Waals surface area contributed by atoms with Crippen LogP contribution in [-0.4, -0.2) is 12.6 Å². The predicted molar refractivity (Wildman–Crippen MR) is 93.0 cm³/mol. The number of hydrogen-bond donors (Lipinski definition) is 1. The van der Waals surface area contributed by atoms with Crippen LogP contribution in [0.1, 0.15) is 82.3 Å². The zero-order valence-corrected chi connectivity index (χ0v) is 14.0. The Morgan fingerprint density at radius 2 is 1.76 bits per heavy atom. The first kappa shape index (κ1) is 16.5. The molecule has 0 heterocycles. The molecule has 0 saturated carbocycles. The maximum atomic E-state index is 3.81. The first-order valence-corrected chi connectivity index (χ1v) is 9.18. The summed E-state index contributed by atoms with van der Waals surface area (Å²) in [6, 6.07) is 9.72. The van der Waals surface area contributed by atoms with Crippen molar-refractivity contribution in [3.05, 3.63) is 35.4 Å². The van der Waals surface area contributed by atoms with Gasteiger partial charge in [0.2, 0.25) is 0 Å². The van der Waals surface area contributed by atoms with Crippen LogP contribution in [0.15, 0.2) is 24.3 Å². The smallest absolute Gasteiger partial charge is 0.0139 e. The largest absolute Gasteiger partial charge is 0.313 e. The number of fused-ring (bicyclic) bond motifs is 1. The molecule has 21 heavy (non-hydrogen) atoms. The second-order valence-electron chi connectivity index (χ2n) is 6.63.